The van der Waals surface area contributed by atoms with Crippen LogP contribution in [0.3, 0.4) is 0 Å². The monoisotopic (exact) mass is 199 g/mol. The van der Waals surface area contributed by atoms with Gasteiger partial charge in [0.05, 0.1) is 5.69 Å². The molecule has 0 amide bonds. The maximum Gasteiger partial charge on any atom is 0.107 e. The van der Waals surface area contributed by atoms with Crippen molar-refractivity contribution in [3.8, 4) is 0 Å². The smallest absolute Gasteiger partial charge is 0.107 e. The minimum absolute atomic E-state index is 0.402. The highest BCUT2D eigenvalue weighted by Gasteiger charge is 2.10. The number of hydrogen-bond acceptors (Lipinski definition) is 2. The fourth-order valence-corrected chi connectivity index (χ4v) is 1.45. The van der Waals surface area contributed by atoms with E-state index in [2.05, 4.69) is 5.10 Å². The topological polar surface area (TPSA) is 43.8 Å². The minimum Gasteiger partial charge on any atom is -0.330 e. The van der Waals surface area contributed by atoms with Crippen molar-refractivity contribution in [1.29, 1.82) is 0 Å². The molecule has 0 aromatic carbocycles. The van der Waals surface area contributed by atoms with E-state index < -0.39 is 6.17 Å². The third kappa shape index (κ3) is 2.80. The number of nitrogens with two attached hydrogens (primary N) is 1. The van der Waals surface area contributed by atoms with Crippen molar-refractivity contribution in [2.45, 2.75) is 32.4 Å². The van der Waals surface area contributed by atoms with Crippen molar-refractivity contribution >= 4 is 0 Å². The van der Waals surface area contributed by atoms with Crippen molar-refractivity contribution in [3.05, 3.63) is 17.5 Å². The van der Waals surface area contributed by atoms with Crippen LogP contribution < -0.4 is 5.73 Å². The summed E-state index contributed by atoms with van der Waals surface area (Å²) in [5.41, 5.74) is 7.25. The van der Waals surface area contributed by atoms with Crippen LogP contribution in [-0.2, 0) is 19.9 Å². The van der Waals surface area contributed by atoms with Gasteiger partial charge in [-0.05, 0) is 25.5 Å². The van der Waals surface area contributed by atoms with Crippen molar-refractivity contribution in [2.75, 3.05) is 6.54 Å². The lowest BCUT2D eigenvalue weighted by Gasteiger charge is -2.05. The molecule has 1 aromatic rings. The molecule has 4 heteroatoms. The average Bonchev–Trinajstić information content (AvgIpc) is 2.48. The van der Waals surface area contributed by atoms with E-state index in [0.717, 1.165) is 17.8 Å². The van der Waals surface area contributed by atoms with E-state index in [1.54, 1.807) is 4.68 Å². The van der Waals surface area contributed by atoms with Crippen molar-refractivity contribution in [2.24, 2.45) is 12.8 Å². The summed E-state index contributed by atoms with van der Waals surface area (Å²) >= 11 is 0. The molecular formula is C10H18FN3. The Bertz CT molecular complexity index is 283. The summed E-state index contributed by atoms with van der Waals surface area (Å²) in [7, 11) is 1.85. The van der Waals surface area contributed by atoms with Gasteiger partial charge in [-0.1, -0.05) is 6.92 Å². The molecule has 0 bridgehead atoms. The third-order valence-electron chi connectivity index (χ3n) is 2.30. The van der Waals surface area contributed by atoms with E-state index in [4.69, 9.17) is 5.73 Å². The molecule has 3 nitrogen and oxygen atoms in total. The predicted molar refractivity (Wildman–Crippen MR) is 54.9 cm³/mol. The van der Waals surface area contributed by atoms with Crippen LogP contribution in [-0.4, -0.2) is 22.5 Å². The zero-order valence-corrected chi connectivity index (χ0v) is 8.83. The fraction of sp³-hybridized carbons (Fsp3) is 0.700. The number of aromatic nitrogens is 2. The standard InChI is InChI=1S/C10H18FN3/c1-3-9-7-10(14(2)13-9)6-8(11)4-5-12/h7-8H,3-6,12H2,1-2H3. The lowest BCUT2D eigenvalue weighted by molar-refractivity contribution is 0.311. The van der Waals surface area contributed by atoms with E-state index in [9.17, 15) is 4.39 Å². The maximum absolute atomic E-state index is 13.3. The van der Waals surface area contributed by atoms with Crippen molar-refractivity contribution in [1.82, 2.24) is 9.78 Å². The van der Waals surface area contributed by atoms with Gasteiger partial charge in [0, 0.05) is 19.2 Å². The van der Waals surface area contributed by atoms with Crippen LogP contribution in [0.15, 0.2) is 6.07 Å². The van der Waals surface area contributed by atoms with Gasteiger partial charge in [-0.2, -0.15) is 5.10 Å². The zero-order valence-electron chi connectivity index (χ0n) is 8.83. The molecule has 1 atom stereocenters. The number of nitrogens with zero attached hydrogens (tertiary/aromatic N) is 2. The van der Waals surface area contributed by atoms with Crippen molar-refractivity contribution in [3.63, 3.8) is 0 Å². The molecule has 1 aromatic heterocycles. The summed E-state index contributed by atoms with van der Waals surface area (Å²) in [6.45, 7) is 2.44. The first-order chi connectivity index (χ1) is 6.67. The molecule has 2 N–H and O–H groups in total. The molecule has 0 radical (unpaired) electrons. The van der Waals surface area contributed by atoms with Gasteiger partial charge in [0.15, 0.2) is 0 Å². The summed E-state index contributed by atoms with van der Waals surface area (Å²) in [5, 5.41) is 4.26. The lowest BCUT2D eigenvalue weighted by Crippen LogP contribution is -2.13. The van der Waals surface area contributed by atoms with Gasteiger partial charge in [0.1, 0.15) is 6.17 Å². The van der Waals surface area contributed by atoms with Crippen LogP contribution in [0.4, 0.5) is 4.39 Å². The highest BCUT2D eigenvalue weighted by atomic mass is 19.1. The lowest BCUT2D eigenvalue weighted by atomic mass is 10.1. The molecule has 0 aliphatic rings. The Hall–Kier alpha value is -0.900. The molecule has 80 valence electrons. The highest BCUT2D eigenvalue weighted by molar-refractivity contribution is 5.11. The summed E-state index contributed by atoms with van der Waals surface area (Å²) < 4.78 is 15.0. The Morgan fingerprint density at radius 1 is 1.64 bits per heavy atom. The predicted octanol–water partition coefficient (Wildman–Crippen LogP) is 1.21. The first-order valence-corrected chi connectivity index (χ1v) is 5.03. The minimum atomic E-state index is -0.847. The van der Waals surface area contributed by atoms with E-state index in [1.807, 2.05) is 20.0 Å². The molecule has 0 aliphatic heterocycles. The molecule has 1 unspecified atom stereocenters. The second-order valence-electron chi connectivity index (χ2n) is 3.48. The van der Waals surface area contributed by atoms with Crippen LogP contribution in [0, 0.1) is 0 Å². The Morgan fingerprint density at radius 2 is 2.36 bits per heavy atom. The molecule has 14 heavy (non-hydrogen) atoms. The van der Waals surface area contributed by atoms with E-state index >= 15 is 0 Å². The van der Waals surface area contributed by atoms with Gasteiger partial charge in [0.2, 0.25) is 0 Å². The molecule has 0 fully saturated rings. The number of hydrogen-bond donors (Lipinski definition) is 1. The maximum atomic E-state index is 13.3. The van der Waals surface area contributed by atoms with Crippen LogP contribution >= 0.6 is 0 Å². The molecule has 1 rings (SSSR count). The molecule has 0 saturated heterocycles. The van der Waals surface area contributed by atoms with E-state index in [1.165, 1.54) is 0 Å². The Balaban J connectivity index is 2.61. The number of alkyl halides is 1. The van der Waals surface area contributed by atoms with E-state index in [0.29, 0.717) is 19.4 Å². The Labute approximate surface area is 84.1 Å². The van der Waals surface area contributed by atoms with Gasteiger partial charge in [0.25, 0.3) is 0 Å². The highest BCUT2D eigenvalue weighted by Crippen LogP contribution is 2.10. The van der Waals surface area contributed by atoms with Crippen LogP contribution in [0.1, 0.15) is 24.7 Å². The first-order valence-electron chi connectivity index (χ1n) is 5.03. The number of aryl methyl sites for hydroxylation is 2. The molecule has 1 heterocycles. The van der Waals surface area contributed by atoms with E-state index in [-0.39, 0.29) is 0 Å². The van der Waals surface area contributed by atoms with Crippen LogP contribution in [0.25, 0.3) is 0 Å². The molecule has 0 spiro atoms. The van der Waals surface area contributed by atoms with Gasteiger partial charge >= 0.3 is 0 Å². The zero-order chi connectivity index (χ0) is 10.6. The van der Waals surface area contributed by atoms with Crippen molar-refractivity contribution < 1.29 is 4.39 Å². The second-order valence-corrected chi connectivity index (χ2v) is 3.48. The van der Waals surface area contributed by atoms with Crippen LogP contribution in [0.5, 0.6) is 0 Å². The Kier molecular flexibility index (Phi) is 4.07. The summed E-state index contributed by atoms with van der Waals surface area (Å²) in [6.07, 6.45) is 0.884. The first kappa shape index (κ1) is 11.2. The molecule has 0 saturated carbocycles. The third-order valence-corrected chi connectivity index (χ3v) is 2.30. The summed E-state index contributed by atoms with van der Waals surface area (Å²) in [5.74, 6) is 0. The molecular weight excluding hydrogens is 181 g/mol. The van der Waals surface area contributed by atoms with Gasteiger partial charge in [-0.25, -0.2) is 4.39 Å². The quantitative estimate of drug-likeness (QED) is 0.774. The number of halogens is 1. The molecule has 0 aliphatic carbocycles. The van der Waals surface area contributed by atoms with Gasteiger partial charge < -0.3 is 5.73 Å². The Morgan fingerprint density at radius 3 is 2.86 bits per heavy atom. The largest absolute Gasteiger partial charge is 0.330 e. The normalized spacial score (nSPS) is 13.1. The summed E-state index contributed by atoms with van der Waals surface area (Å²) in [6, 6.07) is 1.96. The van der Waals surface area contributed by atoms with Gasteiger partial charge in [-0.15, -0.1) is 0 Å². The fourth-order valence-electron chi connectivity index (χ4n) is 1.45. The second kappa shape index (κ2) is 5.10. The SMILES string of the molecule is CCc1cc(CC(F)CCN)n(C)n1. The van der Waals surface area contributed by atoms with Crippen LogP contribution in [0.2, 0.25) is 0 Å². The average molecular weight is 199 g/mol. The number of rotatable bonds is 5. The van der Waals surface area contributed by atoms with Gasteiger partial charge in [-0.3, -0.25) is 4.68 Å². The summed E-state index contributed by atoms with van der Waals surface area (Å²) in [4.78, 5) is 0.